The van der Waals surface area contributed by atoms with Gasteiger partial charge < -0.3 is 0 Å². The zero-order valence-electron chi connectivity index (χ0n) is 15.6. The van der Waals surface area contributed by atoms with Gasteiger partial charge in [-0.15, -0.1) is 0 Å². The number of benzene rings is 2. The molecule has 1 unspecified atom stereocenters. The maximum absolute atomic E-state index is 13.4. The number of quaternary nitrogens is 1. The number of likely N-dealkylation sites (tertiary alicyclic amines) is 1. The Labute approximate surface area is 164 Å². The van der Waals surface area contributed by atoms with Crippen molar-refractivity contribution in [1.29, 1.82) is 0 Å². The van der Waals surface area contributed by atoms with Crippen molar-refractivity contribution in [2.75, 3.05) is 18.4 Å². The standard InChI is InChI=1S/C21H25ClFN3O/c1-14-4-2-6-20(25-21(24)27)17(14)13-26-9-3-5-16(12-26)10-15-7-8-19(23)18(22)11-15/h2,4,6-8,11,16H,3,5,9-10,12-13H2,1H3,(H3,24,25,27)/p+1. The fraction of sp³-hybridized carbons (Fsp3) is 0.381. The van der Waals surface area contributed by atoms with Gasteiger partial charge in [-0.05, 0) is 73.5 Å². The van der Waals surface area contributed by atoms with Crippen molar-refractivity contribution in [2.24, 2.45) is 5.92 Å². The number of anilines is 1. The Morgan fingerprint density at radius 3 is 2.93 bits per heavy atom. The molecule has 6 heteroatoms. The van der Waals surface area contributed by atoms with Gasteiger partial charge in [0.1, 0.15) is 5.82 Å². The highest BCUT2D eigenvalue weighted by atomic mass is 35.5. The van der Waals surface area contributed by atoms with Gasteiger partial charge in [0, 0.05) is 13.1 Å². The van der Waals surface area contributed by atoms with E-state index in [0.29, 0.717) is 5.92 Å². The van der Waals surface area contributed by atoms with E-state index >= 15 is 0 Å². The van der Waals surface area contributed by atoms with Crippen molar-refractivity contribution in [2.45, 2.75) is 32.7 Å². The minimum absolute atomic E-state index is 0.189. The van der Waals surface area contributed by atoms with Gasteiger partial charge in [-0.1, -0.05) is 29.8 Å². The van der Waals surface area contributed by atoms with E-state index in [1.165, 1.54) is 6.07 Å². The smallest absolute Gasteiger partial charge is 0.299 e. The van der Waals surface area contributed by atoms with Gasteiger partial charge in [0.15, 0.2) is 0 Å². The number of hydrogen-bond acceptors (Lipinski definition) is 2. The van der Waals surface area contributed by atoms with E-state index in [0.717, 1.165) is 61.3 Å². The topological polar surface area (TPSA) is 60.0 Å². The van der Waals surface area contributed by atoms with Crippen molar-refractivity contribution < 1.29 is 14.9 Å². The van der Waals surface area contributed by atoms with Crippen LogP contribution in [-0.4, -0.2) is 24.0 Å². The molecule has 3 rings (SSSR count). The average Bonchev–Trinajstić information content (AvgIpc) is 2.61. The molecule has 0 spiro atoms. The molecule has 0 aromatic heterocycles. The van der Waals surface area contributed by atoms with Crippen LogP contribution in [0.3, 0.4) is 0 Å². The molecule has 0 saturated carbocycles. The number of nitrogens with zero attached hydrogens (tertiary/aromatic N) is 1. The first kappa shape index (κ1) is 19.8. The number of carbonyl (C=O) groups is 1. The normalized spacial score (nSPS) is 17.7. The molecule has 1 atom stereocenters. The number of aryl methyl sites for hydroxylation is 1. The van der Waals surface area contributed by atoms with E-state index < -0.39 is 0 Å². The van der Waals surface area contributed by atoms with E-state index in [2.05, 4.69) is 28.9 Å². The summed E-state index contributed by atoms with van der Waals surface area (Å²) < 4.78 is 13.4. The summed E-state index contributed by atoms with van der Waals surface area (Å²) in [5.41, 5.74) is 7.64. The van der Waals surface area contributed by atoms with Crippen LogP contribution in [0.1, 0.15) is 29.5 Å². The summed E-state index contributed by atoms with van der Waals surface area (Å²) in [7, 11) is 0. The Bertz CT molecular complexity index is 827. The summed E-state index contributed by atoms with van der Waals surface area (Å²) in [5, 5.41) is 3.03. The lowest BCUT2D eigenvalue weighted by Gasteiger charge is -2.33. The molecule has 144 valence electrons. The second-order valence-corrected chi connectivity index (χ2v) is 7.75. The summed E-state index contributed by atoms with van der Waals surface area (Å²) in [6.45, 7) is 4.87. The molecule has 1 heterocycles. The van der Waals surface area contributed by atoms with Gasteiger partial charge >= 0.3 is 6.03 Å². The van der Waals surface area contributed by atoms with Gasteiger partial charge in [-0.2, -0.15) is 0 Å². The van der Waals surface area contributed by atoms with Gasteiger partial charge in [0.25, 0.3) is 0 Å². The summed E-state index contributed by atoms with van der Waals surface area (Å²) in [5.74, 6) is 0.139. The van der Waals surface area contributed by atoms with Crippen LogP contribution in [0.15, 0.2) is 36.4 Å². The maximum Gasteiger partial charge on any atom is 0.416 e. The fourth-order valence-corrected chi connectivity index (χ4v) is 4.07. The first-order valence-corrected chi connectivity index (χ1v) is 9.68. The lowest BCUT2D eigenvalue weighted by Crippen LogP contribution is -2.59. The fourth-order valence-electron chi connectivity index (χ4n) is 3.86. The Hall–Kier alpha value is -1.95. The number of carbonyl (C=O) groups excluding carboxylic acids is 1. The first-order chi connectivity index (χ1) is 12.9. The van der Waals surface area contributed by atoms with Crippen LogP contribution in [0.2, 0.25) is 5.02 Å². The van der Waals surface area contributed by atoms with Crippen LogP contribution in [-0.2, 0) is 13.0 Å². The Morgan fingerprint density at radius 1 is 1.37 bits per heavy atom. The Balaban J connectivity index is 1.68. The average molecular weight is 391 g/mol. The van der Waals surface area contributed by atoms with Gasteiger partial charge in [-0.25, -0.2) is 9.18 Å². The van der Waals surface area contributed by atoms with Crippen molar-refractivity contribution in [3.8, 4) is 0 Å². The van der Waals surface area contributed by atoms with Crippen LogP contribution >= 0.6 is 11.6 Å². The van der Waals surface area contributed by atoms with E-state index in [4.69, 9.17) is 11.6 Å². The number of nitrogens with one attached hydrogen (secondary N) is 1. The molecule has 1 saturated heterocycles. The molecule has 2 amide bonds. The van der Waals surface area contributed by atoms with Crippen LogP contribution in [0.4, 0.5) is 14.9 Å². The SMILES string of the molecule is Cc1cccc(NC([NH3+])=O)c1CN1CCCC(Cc2ccc(F)c(Cl)c2)C1. The van der Waals surface area contributed by atoms with E-state index in [-0.39, 0.29) is 16.9 Å². The predicted molar refractivity (Wildman–Crippen MR) is 106 cm³/mol. The molecule has 4 N–H and O–H groups in total. The second kappa shape index (κ2) is 8.83. The Morgan fingerprint density at radius 2 is 2.19 bits per heavy atom. The zero-order valence-corrected chi connectivity index (χ0v) is 16.4. The lowest BCUT2D eigenvalue weighted by atomic mass is 9.91. The molecule has 4 nitrogen and oxygen atoms in total. The third-order valence-electron chi connectivity index (χ3n) is 5.18. The summed E-state index contributed by atoms with van der Waals surface area (Å²) >= 11 is 5.92. The lowest BCUT2D eigenvalue weighted by molar-refractivity contribution is -0.242. The van der Waals surface area contributed by atoms with E-state index in [1.54, 1.807) is 6.07 Å². The summed E-state index contributed by atoms with van der Waals surface area (Å²) in [4.78, 5) is 13.8. The highest BCUT2D eigenvalue weighted by Crippen LogP contribution is 2.27. The molecule has 0 radical (unpaired) electrons. The molecule has 0 aliphatic carbocycles. The molecular weight excluding hydrogens is 365 g/mol. The number of rotatable bonds is 5. The van der Waals surface area contributed by atoms with Crippen molar-refractivity contribution in [3.63, 3.8) is 0 Å². The van der Waals surface area contributed by atoms with Crippen molar-refractivity contribution in [3.05, 3.63) is 63.9 Å². The second-order valence-electron chi connectivity index (χ2n) is 7.35. The third-order valence-corrected chi connectivity index (χ3v) is 5.47. The van der Waals surface area contributed by atoms with Gasteiger partial charge in [-0.3, -0.25) is 16.0 Å². The van der Waals surface area contributed by atoms with Crippen molar-refractivity contribution in [1.82, 2.24) is 4.90 Å². The number of amides is 2. The van der Waals surface area contributed by atoms with Crippen LogP contribution in [0.5, 0.6) is 0 Å². The highest BCUT2D eigenvalue weighted by Gasteiger charge is 2.22. The quantitative estimate of drug-likeness (QED) is 0.810. The molecular formula is C21H26ClFN3O+. The molecule has 1 fully saturated rings. The zero-order chi connectivity index (χ0) is 19.4. The predicted octanol–water partition coefficient (Wildman–Crippen LogP) is 4.02. The largest absolute Gasteiger partial charge is 0.416 e. The minimum Gasteiger partial charge on any atom is -0.299 e. The van der Waals surface area contributed by atoms with Gasteiger partial charge in [0.05, 0.1) is 10.7 Å². The molecule has 0 bridgehead atoms. The molecule has 1 aliphatic rings. The van der Waals surface area contributed by atoms with Gasteiger partial charge in [0.2, 0.25) is 0 Å². The molecule has 27 heavy (non-hydrogen) atoms. The minimum atomic E-state index is -0.370. The molecule has 2 aromatic rings. The van der Waals surface area contributed by atoms with E-state index in [9.17, 15) is 9.18 Å². The van der Waals surface area contributed by atoms with Crippen molar-refractivity contribution >= 4 is 23.3 Å². The number of halogens is 2. The highest BCUT2D eigenvalue weighted by molar-refractivity contribution is 6.30. The number of piperidine rings is 1. The van der Waals surface area contributed by atoms with Crippen LogP contribution in [0.25, 0.3) is 0 Å². The monoisotopic (exact) mass is 390 g/mol. The Kier molecular flexibility index (Phi) is 6.47. The number of urea groups is 1. The molecule has 2 aromatic carbocycles. The maximum atomic E-state index is 13.4. The van der Waals surface area contributed by atoms with Crippen LogP contribution < -0.4 is 11.1 Å². The summed E-state index contributed by atoms with van der Waals surface area (Å²) in [6.07, 6.45) is 3.18. The van der Waals surface area contributed by atoms with E-state index in [1.807, 2.05) is 18.2 Å². The van der Waals surface area contributed by atoms with Crippen LogP contribution in [0, 0.1) is 18.7 Å². The number of hydrogen-bond donors (Lipinski definition) is 2. The third kappa shape index (κ3) is 5.28. The first-order valence-electron chi connectivity index (χ1n) is 9.30. The molecule has 1 aliphatic heterocycles. The summed E-state index contributed by atoms with van der Waals surface area (Å²) in [6, 6.07) is 10.6.